The summed E-state index contributed by atoms with van der Waals surface area (Å²) in [7, 11) is 0. The lowest BCUT2D eigenvalue weighted by Crippen LogP contribution is -1.64. The fourth-order valence-corrected chi connectivity index (χ4v) is 0.235. The van der Waals surface area contributed by atoms with E-state index in [1.54, 1.807) is 6.08 Å². The highest BCUT2D eigenvalue weighted by Gasteiger charge is 1.62. The molecule has 0 N–H and O–H groups in total. The van der Waals surface area contributed by atoms with E-state index >= 15 is 0 Å². The van der Waals surface area contributed by atoms with Crippen LogP contribution in [0.25, 0.3) is 0 Å². The lowest BCUT2D eigenvalue weighted by atomic mass is 10.4. The molecule has 0 saturated carbocycles. The van der Waals surface area contributed by atoms with E-state index in [4.69, 9.17) is 0 Å². The van der Waals surface area contributed by atoms with Crippen LogP contribution in [-0.2, 0) is 5.11 Å². The van der Waals surface area contributed by atoms with E-state index in [0.717, 1.165) is 6.42 Å². The smallest absolute Gasteiger partial charge is 0.100 e. The van der Waals surface area contributed by atoms with Gasteiger partial charge in [0.1, 0.15) is 6.61 Å². The zero-order chi connectivity index (χ0) is 4.83. The molecule has 0 saturated heterocycles. The molecule has 0 amide bonds. The zero-order valence-electron chi connectivity index (χ0n) is 3.98. The Morgan fingerprint density at radius 2 is 2.17 bits per heavy atom. The predicted molar refractivity (Wildman–Crippen MR) is 25.0 cm³/mol. The highest BCUT2D eigenvalue weighted by atomic mass is 16.2. The molecule has 1 heteroatoms. The van der Waals surface area contributed by atoms with Crippen molar-refractivity contribution in [3.8, 4) is 0 Å². The van der Waals surface area contributed by atoms with Crippen LogP contribution in [0.15, 0.2) is 12.2 Å². The summed E-state index contributed by atoms with van der Waals surface area (Å²) in [6.45, 7) is 1.93. The van der Waals surface area contributed by atoms with Crippen LogP contribution < -0.4 is 0 Å². The first-order valence-electron chi connectivity index (χ1n) is 2.15. The molecule has 0 heterocycles. The Hall–Kier alpha value is -0.300. The first kappa shape index (κ1) is 5.70. The Morgan fingerprint density at radius 1 is 1.50 bits per heavy atom. The quantitative estimate of drug-likeness (QED) is 0.451. The number of hydrogen-bond donors (Lipinski definition) is 0. The summed E-state index contributed by atoms with van der Waals surface area (Å²) in [5, 5.41) is 9.60. The molecular weight excluding hydrogens is 76.1 g/mol. The molecule has 0 aromatic rings. The molecule has 0 aliphatic heterocycles. The molecule has 0 spiro atoms. The Bertz CT molecular complexity index is 33.2. The topological polar surface area (TPSA) is 19.9 Å². The second kappa shape index (κ2) is 4.70. The summed E-state index contributed by atoms with van der Waals surface area (Å²) in [5.41, 5.74) is 0. The molecular formula is C5H9O. The first-order chi connectivity index (χ1) is 2.91. The van der Waals surface area contributed by atoms with Gasteiger partial charge in [0.15, 0.2) is 0 Å². The van der Waals surface area contributed by atoms with Crippen LogP contribution in [0, 0.1) is 0 Å². The van der Waals surface area contributed by atoms with Crippen LogP contribution in [0.4, 0.5) is 0 Å². The van der Waals surface area contributed by atoms with E-state index in [1.807, 2.05) is 13.0 Å². The van der Waals surface area contributed by atoms with Crippen molar-refractivity contribution in [2.45, 2.75) is 13.3 Å². The van der Waals surface area contributed by atoms with Crippen LogP contribution in [0.2, 0.25) is 0 Å². The van der Waals surface area contributed by atoms with Gasteiger partial charge in [-0.25, -0.2) is 5.11 Å². The summed E-state index contributed by atoms with van der Waals surface area (Å²) in [6, 6.07) is 0. The molecule has 0 atom stereocenters. The van der Waals surface area contributed by atoms with E-state index in [2.05, 4.69) is 0 Å². The minimum absolute atomic E-state index is 0.0756. The number of hydrogen-bond acceptors (Lipinski definition) is 0. The highest BCUT2D eigenvalue weighted by molar-refractivity contribution is 4.78. The van der Waals surface area contributed by atoms with Gasteiger partial charge in [-0.05, 0) is 6.42 Å². The second-order valence-corrected chi connectivity index (χ2v) is 1.05. The molecule has 1 nitrogen and oxygen atoms in total. The Kier molecular flexibility index (Phi) is 4.46. The van der Waals surface area contributed by atoms with Crippen molar-refractivity contribution in [2.75, 3.05) is 6.61 Å². The fraction of sp³-hybridized carbons (Fsp3) is 0.600. The Labute approximate surface area is 38.3 Å². The summed E-state index contributed by atoms with van der Waals surface area (Å²) in [4.78, 5) is 0. The van der Waals surface area contributed by atoms with Crippen molar-refractivity contribution in [3.05, 3.63) is 12.2 Å². The molecule has 0 aliphatic carbocycles. The van der Waals surface area contributed by atoms with E-state index in [9.17, 15) is 5.11 Å². The van der Waals surface area contributed by atoms with Gasteiger partial charge < -0.3 is 0 Å². The van der Waals surface area contributed by atoms with Gasteiger partial charge >= 0.3 is 0 Å². The SMILES string of the molecule is CC/C=C\C[O]. The minimum Gasteiger partial charge on any atom is -0.232 e. The Balaban J connectivity index is 2.73. The second-order valence-electron chi connectivity index (χ2n) is 1.05. The van der Waals surface area contributed by atoms with E-state index in [-0.39, 0.29) is 6.61 Å². The van der Waals surface area contributed by atoms with Gasteiger partial charge in [0, 0.05) is 0 Å². The molecule has 0 fully saturated rings. The van der Waals surface area contributed by atoms with Crippen molar-refractivity contribution in [1.29, 1.82) is 0 Å². The molecule has 0 aromatic heterocycles. The van der Waals surface area contributed by atoms with Crippen LogP contribution in [-0.4, -0.2) is 6.61 Å². The lowest BCUT2D eigenvalue weighted by molar-refractivity contribution is 0.232. The lowest BCUT2D eigenvalue weighted by Gasteiger charge is -1.70. The Morgan fingerprint density at radius 3 is 2.33 bits per heavy atom. The predicted octanol–water partition coefficient (Wildman–Crippen LogP) is 1.38. The molecule has 6 heavy (non-hydrogen) atoms. The van der Waals surface area contributed by atoms with Crippen molar-refractivity contribution in [3.63, 3.8) is 0 Å². The van der Waals surface area contributed by atoms with Crippen LogP contribution >= 0.6 is 0 Å². The van der Waals surface area contributed by atoms with Crippen LogP contribution in [0.3, 0.4) is 0 Å². The number of rotatable bonds is 2. The molecule has 0 rings (SSSR count). The van der Waals surface area contributed by atoms with Crippen LogP contribution in [0.5, 0.6) is 0 Å². The third-order valence-electron chi connectivity index (χ3n) is 0.499. The molecule has 35 valence electrons. The monoisotopic (exact) mass is 85.1 g/mol. The highest BCUT2D eigenvalue weighted by Crippen LogP contribution is 1.75. The largest absolute Gasteiger partial charge is 0.232 e. The van der Waals surface area contributed by atoms with E-state index in [0.29, 0.717) is 0 Å². The van der Waals surface area contributed by atoms with Gasteiger partial charge in [-0.3, -0.25) is 0 Å². The zero-order valence-corrected chi connectivity index (χ0v) is 3.98. The third-order valence-corrected chi connectivity index (χ3v) is 0.499. The van der Waals surface area contributed by atoms with Gasteiger partial charge in [0.25, 0.3) is 0 Å². The average molecular weight is 85.1 g/mol. The first-order valence-corrected chi connectivity index (χ1v) is 2.15. The van der Waals surface area contributed by atoms with Gasteiger partial charge in [0.05, 0.1) is 0 Å². The fourth-order valence-electron chi connectivity index (χ4n) is 0.235. The molecule has 0 aliphatic rings. The summed E-state index contributed by atoms with van der Waals surface area (Å²) in [5.74, 6) is 0. The van der Waals surface area contributed by atoms with E-state index < -0.39 is 0 Å². The summed E-state index contributed by atoms with van der Waals surface area (Å²) >= 11 is 0. The van der Waals surface area contributed by atoms with Crippen molar-refractivity contribution in [2.24, 2.45) is 0 Å². The maximum atomic E-state index is 9.60. The standard InChI is InChI=1S/C5H9O/c1-2-3-4-5-6/h3-4H,2,5H2,1H3/b4-3-. The summed E-state index contributed by atoms with van der Waals surface area (Å²) in [6.07, 6.45) is 4.47. The van der Waals surface area contributed by atoms with Gasteiger partial charge in [0.2, 0.25) is 0 Å². The normalized spacial score (nSPS) is 10.3. The summed E-state index contributed by atoms with van der Waals surface area (Å²) < 4.78 is 0. The van der Waals surface area contributed by atoms with Crippen molar-refractivity contribution >= 4 is 0 Å². The van der Waals surface area contributed by atoms with E-state index in [1.165, 1.54) is 0 Å². The van der Waals surface area contributed by atoms with Crippen molar-refractivity contribution in [1.82, 2.24) is 0 Å². The number of allylic oxidation sites excluding steroid dienone is 1. The molecule has 0 bridgehead atoms. The van der Waals surface area contributed by atoms with Crippen molar-refractivity contribution < 1.29 is 5.11 Å². The van der Waals surface area contributed by atoms with Gasteiger partial charge in [-0.2, -0.15) is 0 Å². The van der Waals surface area contributed by atoms with Gasteiger partial charge in [-0.1, -0.05) is 19.1 Å². The third kappa shape index (κ3) is 3.70. The maximum Gasteiger partial charge on any atom is 0.100 e. The average Bonchev–Trinajstić information content (AvgIpc) is 1.61. The molecule has 0 aromatic carbocycles. The molecule has 0 unspecified atom stereocenters. The maximum absolute atomic E-state index is 9.60. The minimum atomic E-state index is -0.0756. The van der Waals surface area contributed by atoms with Gasteiger partial charge in [-0.15, -0.1) is 0 Å². The molecule has 1 radical (unpaired) electrons. The van der Waals surface area contributed by atoms with Crippen LogP contribution in [0.1, 0.15) is 13.3 Å².